The van der Waals surface area contributed by atoms with Gasteiger partial charge in [0.1, 0.15) is 0 Å². The van der Waals surface area contributed by atoms with E-state index >= 15 is 0 Å². The summed E-state index contributed by atoms with van der Waals surface area (Å²) in [6.45, 7) is 3.79. The first-order valence-electron chi connectivity index (χ1n) is 5.64. The molecule has 0 unspecified atom stereocenters. The number of amides is 1. The van der Waals surface area contributed by atoms with E-state index in [0.717, 1.165) is 5.69 Å². The van der Waals surface area contributed by atoms with Gasteiger partial charge in [0.05, 0.1) is 24.9 Å². The molecule has 5 nitrogen and oxygen atoms in total. The molecule has 1 amide bonds. The number of hydrogen-bond donors (Lipinski definition) is 1. The van der Waals surface area contributed by atoms with E-state index in [9.17, 15) is 4.79 Å². The van der Waals surface area contributed by atoms with E-state index in [2.05, 4.69) is 4.98 Å². The molecule has 1 heterocycles. The van der Waals surface area contributed by atoms with E-state index < -0.39 is 0 Å². The monoisotopic (exact) mass is 237 g/mol. The Morgan fingerprint density at radius 2 is 2.29 bits per heavy atom. The van der Waals surface area contributed by atoms with E-state index in [-0.39, 0.29) is 5.91 Å². The van der Waals surface area contributed by atoms with Crippen LogP contribution in [0.1, 0.15) is 12.6 Å². The van der Waals surface area contributed by atoms with Crippen molar-refractivity contribution in [1.29, 1.82) is 0 Å². The van der Waals surface area contributed by atoms with Crippen molar-refractivity contribution in [2.45, 2.75) is 13.3 Å². The number of nitrogen functional groups attached to an aromatic ring is 1. The number of nitrogens with two attached hydrogens (primary N) is 1. The molecule has 0 bridgehead atoms. The molecule has 0 atom stereocenters. The summed E-state index contributed by atoms with van der Waals surface area (Å²) in [5.74, 6) is 0.0572. The van der Waals surface area contributed by atoms with Gasteiger partial charge < -0.3 is 15.4 Å². The van der Waals surface area contributed by atoms with Crippen LogP contribution in [0, 0.1) is 0 Å². The SMILES string of the molecule is CCN(CCOC)C(=O)Cc1ccc(N)cn1. The van der Waals surface area contributed by atoms with Gasteiger partial charge >= 0.3 is 0 Å². The fourth-order valence-corrected chi connectivity index (χ4v) is 1.47. The number of pyridine rings is 1. The highest BCUT2D eigenvalue weighted by atomic mass is 16.5. The summed E-state index contributed by atoms with van der Waals surface area (Å²) in [5.41, 5.74) is 6.88. The van der Waals surface area contributed by atoms with Gasteiger partial charge in [-0.3, -0.25) is 9.78 Å². The number of carbonyl (C=O) groups is 1. The first kappa shape index (κ1) is 13.4. The second-order valence-corrected chi connectivity index (χ2v) is 3.73. The van der Waals surface area contributed by atoms with E-state index in [1.54, 1.807) is 30.3 Å². The van der Waals surface area contributed by atoms with Crippen LogP contribution in [0.25, 0.3) is 0 Å². The summed E-state index contributed by atoms with van der Waals surface area (Å²) in [4.78, 5) is 17.8. The minimum absolute atomic E-state index is 0.0572. The van der Waals surface area contributed by atoms with Crippen LogP contribution in [-0.4, -0.2) is 42.6 Å². The first-order chi connectivity index (χ1) is 8.17. The van der Waals surface area contributed by atoms with Gasteiger partial charge in [-0.25, -0.2) is 0 Å². The smallest absolute Gasteiger partial charge is 0.228 e. The average molecular weight is 237 g/mol. The molecule has 0 aliphatic rings. The summed E-state index contributed by atoms with van der Waals surface area (Å²) in [7, 11) is 1.62. The van der Waals surface area contributed by atoms with Gasteiger partial charge in [-0.1, -0.05) is 0 Å². The second kappa shape index (κ2) is 6.85. The minimum Gasteiger partial charge on any atom is -0.397 e. The summed E-state index contributed by atoms with van der Waals surface area (Å²) in [6, 6.07) is 3.53. The van der Waals surface area contributed by atoms with E-state index in [0.29, 0.717) is 31.8 Å². The topological polar surface area (TPSA) is 68.5 Å². The quantitative estimate of drug-likeness (QED) is 0.790. The number of methoxy groups -OCH3 is 1. The first-order valence-corrected chi connectivity index (χ1v) is 5.64. The molecule has 17 heavy (non-hydrogen) atoms. The molecule has 94 valence electrons. The molecule has 0 spiro atoms. The van der Waals surface area contributed by atoms with Crippen LogP contribution >= 0.6 is 0 Å². The lowest BCUT2D eigenvalue weighted by molar-refractivity contribution is -0.130. The van der Waals surface area contributed by atoms with Gasteiger partial charge in [-0.15, -0.1) is 0 Å². The highest BCUT2D eigenvalue weighted by molar-refractivity contribution is 5.78. The molecular weight excluding hydrogens is 218 g/mol. The van der Waals surface area contributed by atoms with Crippen LogP contribution in [0.2, 0.25) is 0 Å². The maximum atomic E-state index is 11.9. The maximum absolute atomic E-state index is 11.9. The standard InChI is InChI=1S/C12H19N3O2/c1-3-15(6-7-17-2)12(16)8-11-5-4-10(13)9-14-11/h4-5,9H,3,6-8,13H2,1-2H3. The number of anilines is 1. The lowest BCUT2D eigenvalue weighted by Crippen LogP contribution is -2.34. The van der Waals surface area contributed by atoms with Crippen molar-refractivity contribution >= 4 is 11.6 Å². The Kier molecular flexibility index (Phi) is 5.42. The fraction of sp³-hybridized carbons (Fsp3) is 0.500. The number of hydrogen-bond acceptors (Lipinski definition) is 4. The van der Waals surface area contributed by atoms with Gasteiger partial charge in [0.15, 0.2) is 0 Å². The van der Waals surface area contributed by atoms with Gasteiger partial charge in [0, 0.05) is 25.9 Å². The van der Waals surface area contributed by atoms with Crippen molar-refractivity contribution in [3.8, 4) is 0 Å². The highest BCUT2D eigenvalue weighted by Crippen LogP contribution is 2.04. The van der Waals surface area contributed by atoms with Crippen LogP contribution in [0.4, 0.5) is 5.69 Å². The molecule has 1 rings (SSSR count). The third kappa shape index (κ3) is 4.40. The van der Waals surface area contributed by atoms with E-state index in [4.69, 9.17) is 10.5 Å². The zero-order valence-electron chi connectivity index (χ0n) is 10.3. The van der Waals surface area contributed by atoms with Crippen molar-refractivity contribution in [2.75, 3.05) is 32.5 Å². The minimum atomic E-state index is 0.0572. The Bertz CT molecular complexity index is 351. The Labute approximate surface area is 102 Å². The third-order valence-electron chi connectivity index (χ3n) is 2.48. The Balaban J connectivity index is 2.54. The molecule has 0 aromatic carbocycles. The zero-order valence-corrected chi connectivity index (χ0v) is 10.3. The number of carbonyl (C=O) groups excluding carboxylic acids is 1. The molecular formula is C12H19N3O2. The normalized spacial score (nSPS) is 10.2. The third-order valence-corrected chi connectivity index (χ3v) is 2.48. The predicted octanol–water partition coefficient (Wildman–Crippen LogP) is 0.701. The van der Waals surface area contributed by atoms with Crippen molar-refractivity contribution in [2.24, 2.45) is 0 Å². The van der Waals surface area contributed by atoms with Crippen molar-refractivity contribution in [1.82, 2.24) is 9.88 Å². The second-order valence-electron chi connectivity index (χ2n) is 3.73. The van der Waals surface area contributed by atoms with Crippen LogP contribution < -0.4 is 5.73 Å². The number of likely N-dealkylation sites (N-methyl/N-ethyl adjacent to an activating group) is 1. The molecule has 0 saturated carbocycles. The molecule has 0 radical (unpaired) electrons. The lowest BCUT2D eigenvalue weighted by Gasteiger charge is -2.20. The summed E-state index contributed by atoms with van der Waals surface area (Å²) in [5, 5.41) is 0. The Morgan fingerprint density at radius 1 is 1.53 bits per heavy atom. The average Bonchev–Trinajstić information content (AvgIpc) is 2.33. The predicted molar refractivity (Wildman–Crippen MR) is 66.5 cm³/mol. The summed E-state index contributed by atoms with van der Waals surface area (Å²) >= 11 is 0. The molecule has 1 aromatic rings. The highest BCUT2D eigenvalue weighted by Gasteiger charge is 2.12. The van der Waals surface area contributed by atoms with Gasteiger partial charge in [0.25, 0.3) is 0 Å². The lowest BCUT2D eigenvalue weighted by atomic mass is 10.2. The van der Waals surface area contributed by atoms with Crippen molar-refractivity contribution < 1.29 is 9.53 Å². The summed E-state index contributed by atoms with van der Waals surface area (Å²) in [6.07, 6.45) is 1.87. The van der Waals surface area contributed by atoms with E-state index in [1.165, 1.54) is 0 Å². The zero-order chi connectivity index (χ0) is 12.7. The number of ether oxygens (including phenoxy) is 1. The molecule has 0 aliphatic carbocycles. The van der Waals surface area contributed by atoms with Crippen molar-refractivity contribution in [3.63, 3.8) is 0 Å². The molecule has 0 fully saturated rings. The Hall–Kier alpha value is -1.62. The van der Waals surface area contributed by atoms with Crippen LogP contribution in [0.5, 0.6) is 0 Å². The maximum Gasteiger partial charge on any atom is 0.228 e. The van der Waals surface area contributed by atoms with Crippen molar-refractivity contribution in [3.05, 3.63) is 24.0 Å². The van der Waals surface area contributed by atoms with Gasteiger partial charge in [-0.2, -0.15) is 0 Å². The number of aromatic nitrogens is 1. The number of nitrogens with zero attached hydrogens (tertiary/aromatic N) is 2. The molecule has 1 aromatic heterocycles. The molecule has 5 heteroatoms. The van der Waals surface area contributed by atoms with Gasteiger partial charge in [-0.05, 0) is 19.1 Å². The van der Waals surface area contributed by atoms with Crippen LogP contribution in [0.15, 0.2) is 18.3 Å². The molecule has 0 aliphatic heterocycles. The number of rotatable bonds is 6. The Morgan fingerprint density at radius 3 is 2.82 bits per heavy atom. The van der Waals surface area contributed by atoms with Crippen LogP contribution in [0.3, 0.4) is 0 Å². The summed E-state index contributed by atoms with van der Waals surface area (Å²) < 4.78 is 4.96. The van der Waals surface area contributed by atoms with E-state index in [1.807, 2.05) is 6.92 Å². The molecule has 0 saturated heterocycles. The molecule has 2 N–H and O–H groups in total. The van der Waals surface area contributed by atoms with Crippen LogP contribution in [-0.2, 0) is 16.0 Å². The fourth-order valence-electron chi connectivity index (χ4n) is 1.47. The van der Waals surface area contributed by atoms with Gasteiger partial charge in [0.2, 0.25) is 5.91 Å². The largest absolute Gasteiger partial charge is 0.397 e.